The number of carbonyl (C=O) groups is 1. The van der Waals surface area contributed by atoms with E-state index in [0.717, 1.165) is 10.6 Å². The highest BCUT2D eigenvalue weighted by Crippen LogP contribution is 2.26. The number of benzene rings is 1. The molecule has 5 heteroatoms. The van der Waals surface area contributed by atoms with Crippen molar-refractivity contribution >= 4 is 27.3 Å². The number of rotatable bonds is 3. The molecule has 90 valence electrons. The van der Waals surface area contributed by atoms with Crippen molar-refractivity contribution in [3.05, 3.63) is 35.2 Å². The third-order valence-electron chi connectivity index (χ3n) is 2.67. The summed E-state index contributed by atoms with van der Waals surface area (Å²) in [5, 5.41) is 4.26. The second-order valence-electron chi connectivity index (χ2n) is 4.02. The quantitative estimate of drug-likeness (QED) is 0.486. The van der Waals surface area contributed by atoms with E-state index in [-0.39, 0.29) is 5.91 Å². The molecule has 1 aromatic carbocycles. The van der Waals surface area contributed by atoms with Gasteiger partial charge in [0.25, 0.3) is 5.91 Å². The molecule has 1 atom stereocenters. The second kappa shape index (κ2) is 4.83. The largest absolute Gasteiger partial charge is 0.320 e. The number of fused-ring (bicyclic) bond motifs is 1. The van der Waals surface area contributed by atoms with Gasteiger partial charge in [-0.25, -0.2) is 5.84 Å². The van der Waals surface area contributed by atoms with E-state index in [4.69, 9.17) is 11.6 Å². The number of thiophene rings is 1. The van der Waals surface area contributed by atoms with Gasteiger partial charge in [-0.2, -0.15) is 0 Å². The smallest absolute Gasteiger partial charge is 0.253 e. The van der Waals surface area contributed by atoms with Crippen LogP contribution in [0, 0.1) is 0 Å². The normalized spacial score (nSPS) is 12.6. The van der Waals surface area contributed by atoms with Crippen LogP contribution in [0.3, 0.4) is 0 Å². The Morgan fingerprint density at radius 2 is 2.18 bits per heavy atom. The summed E-state index contributed by atoms with van der Waals surface area (Å²) in [6.07, 6.45) is 0.518. The summed E-state index contributed by atoms with van der Waals surface area (Å²) in [6.45, 7) is 0. The molecular weight excluding hydrogens is 234 g/mol. The summed E-state index contributed by atoms with van der Waals surface area (Å²) in [4.78, 5) is 11.6. The number of likely N-dealkylation sites (N-methyl/N-ethyl adjacent to an activating group) is 1. The number of carbonyl (C=O) groups excluding carboxylic acids is 1. The molecule has 0 spiro atoms. The van der Waals surface area contributed by atoms with E-state index in [2.05, 4.69) is 6.07 Å². The molecule has 0 aliphatic carbocycles. The number of nitrogens with zero attached hydrogens (tertiary/aromatic N) is 1. The molecule has 0 saturated carbocycles. The molecule has 4 N–H and O–H groups in total. The molecule has 1 heterocycles. The predicted molar refractivity (Wildman–Crippen MR) is 70.5 cm³/mol. The van der Waals surface area contributed by atoms with E-state index < -0.39 is 6.04 Å². The molecule has 0 aliphatic rings. The summed E-state index contributed by atoms with van der Waals surface area (Å²) in [6, 6.07) is 7.52. The van der Waals surface area contributed by atoms with E-state index in [0.29, 0.717) is 6.42 Å². The first-order valence-corrected chi connectivity index (χ1v) is 6.20. The van der Waals surface area contributed by atoms with E-state index in [1.54, 1.807) is 11.3 Å². The van der Waals surface area contributed by atoms with Crippen LogP contribution in [-0.2, 0) is 11.2 Å². The van der Waals surface area contributed by atoms with Crippen LogP contribution >= 0.6 is 11.3 Å². The Morgan fingerprint density at radius 3 is 2.88 bits per heavy atom. The predicted octanol–water partition coefficient (Wildman–Crippen LogP) is 1.10. The van der Waals surface area contributed by atoms with E-state index in [9.17, 15) is 4.79 Å². The Hall–Kier alpha value is -1.43. The van der Waals surface area contributed by atoms with Crippen molar-refractivity contribution in [3.63, 3.8) is 0 Å². The molecule has 1 amide bonds. The zero-order valence-electron chi connectivity index (χ0n) is 9.59. The van der Waals surface area contributed by atoms with Crippen LogP contribution < -0.4 is 11.6 Å². The lowest BCUT2D eigenvalue weighted by molar-refractivity contribution is -0.131. The number of nitrogens with two attached hydrogens (primary N) is 2. The maximum Gasteiger partial charge on any atom is 0.253 e. The number of hydrazine groups is 1. The topological polar surface area (TPSA) is 72.3 Å². The first kappa shape index (κ1) is 12.0. The molecule has 2 aromatic rings. The Morgan fingerprint density at radius 1 is 1.47 bits per heavy atom. The molecule has 0 aliphatic heterocycles. The summed E-state index contributed by atoms with van der Waals surface area (Å²) in [5.41, 5.74) is 6.94. The van der Waals surface area contributed by atoms with Gasteiger partial charge in [0.05, 0.1) is 6.04 Å². The monoisotopic (exact) mass is 249 g/mol. The van der Waals surface area contributed by atoms with Crippen molar-refractivity contribution in [2.45, 2.75) is 12.5 Å². The number of hydrogen-bond acceptors (Lipinski definition) is 4. The van der Waals surface area contributed by atoms with Crippen molar-refractivity contribution in [2.75, 3.05) is 7.05 Å². The van der Waals surface area contributed by atoms with Crippen molar-refractivity contribution in [3.8, 4) is 0 Å². The average molecular weight is 249 g/mol. The zero-order chi connectivity index (χ0) is 12.4. The van der Waals surface area contributed by atoms with Gasteiger partial charge in [0.1, 0.15) is 0 Å². The molecule has 1 unspecified atom stereocenters. The zero-order valence-corrected chi connectivity index (χ0v) is 10.4. The van der Waals surface area contributed by atoms with Crippen molar-refractivity contribution < 1.29 is 4.79 Å². The van der Waals surface area contributed by atoms with E-state index in [1.165, 1.54) is 17.1 Å². The standard InChI is InChI=1S/C12H15N3OS/c1-15(14)12(16)10(13)6-8-7-17-11-5-3-2-4-9(8)11/h2-5,7,10H,6,13-14H2,1H3. The fourth-order valence-corrected chi connectivity index (χ4v) is 2.75. The third kappa shape index (κ3) is 2.46. The van der Waals surface area contributed by atoms with Gasteiger partial charge < -0.3 is 5.73 Å². The number of hydrogen-bond donors (Lipinski definition) is 2. The van der Waals surface area contributed by atoms with E-state index >= 15 is 0 Å². The van der Waals surface area contributed by atoms with Crippen LogP contribution in [0.1, 0.15) is 5.56 Å². The van der Waals surface area contributed by atoms with Crippen LogP contribution in [0.4, 0.5) is 0 Å². The third-order valence-corrected chi connectivity index (χ3v) is 3.68. The van der Waals surface area contributed by atoms with Crippen molar-refractivity contribution in [1.82, 2.24) is 5.01 Å². The lowest BCUT2D eigenvalue weighted by atomic mass is 10.1. The van der Waals surface area contributed by atoms with Crippen LogP contribution in [-0.4, -0.2) is 24.0 Å². The van der Waals surface area contributed by atoms with Crippen LogP contribution in [0.25, 0.3) is 10.1 Å². The minimum Gasteiger partial charge on any atom is -0.320 e. The fraction of sp³-hybridized carbons (Fsp3) is 0.250. The lowest BCUT2D eigenvalue weighted by Crippen LogP contribution is -2.46. The Labute approximate surface area is 104 Å². The molecule has 0 fully saturated rings. The highest BCUT2D eigenvalue weighted by Gasteiger charge is 2.17. The minimum atomic E-state index is -0.581. The molecule has 0 radical (unpaired) electrons. The molecule has 1 aromatic heterocycles. The van der Waals surface area contributed by atoms with Gasteiger partial charge >= 0.3 is 0 Å². The second-order valence-corrected chi connectivity index (χ2v) is 4.93. The van der Waals surface area contributed by atoms with Crippen molar-refractivity contribution in [2.24, 2.45) is 11.6 Å². The van der Waals surface area contributed by atoms with Gasteiger partial charge in [-0.3, -0.25) is 9.80 Å². The molecule has 2 rings (SSSR count). The summed E-state index contributed by atoms with van der Waals surface area (Å²) in [5.74, 6) is 5.14. The first-order valence-electron chi connectivity index (χ1n) is 5.32. The summed E-state index contributed by atoms with van der Waals surface area (Å²) in [7, 11) is 1.51. The summed E-state index contributed by atoms with van der Waals surface area (Å²) < 4.78 is 1.21. The molecule has 0 bridgehead atoms. The number of amides is 1. The van der Waals surface area contributed by atoms with Gasteiger partial charge in [-0.05, 0) is 28.8 Å². The molecule has 4 nitrogen and oxygen atoms in total. The van der Waals surface area contributed by atoms with E-state index in [1.807, 2.05) is 23.6 Å². The molecule has 17 heavy (non-hydrogen) atoms. The highest BCUT2D eigenvalue weighted by molar-refractivity contribution is 7.17. The minimum absolute atomic E-state index is 0.250. The van der Waals surface area contributed by atoms with Gasteiger partial charge in [0, 0.05) is 11.7 Å². The van der Waals surface area contributed by atoms with Gasteiger partial charge in [0.2, 0.25) is 0 Å². The highest BCUT2D eigenvalue weighted by atomic mass is 32.1. The summed E-state index contributed by atoms with van der Waals surface area (Å²) >= 11 is 1.66. The van der Waals surface area contributed by atoms with Crippen LogP contribution in [0.15, 0.2) is 29.6 Å². The SMILES string of the molecule is CN(N)C(=O)C(N)Cc1csc2ccccc12. The molecule has 0 saturated heterocycles. The Bertz CT molecular complexity index is 535. The Kier molecular flexibility index (Phi) is 3.42. The molecular formula is C12H15N3OS. The maximum absolute atomic E-state index is 11.6. The van der Waals surface area contributed by atoms with Gasteiger partial charge in [-0.15, -0.1) is 11.3 Å². The maximum atomic E-state index is 11.6. The average Bonchev–Trinajstić information content (AvgIpc) is 2.71. The van der Waals surface area contributed by atoms with Crippen LogP contribution in [0.5, 0.6) is 0 Å². The fourth-order valence-electron chi connectivity index (χ4n) is 1.78. The van der Waals surface area contributed by atoms with Gasteiger partial charge in [0.15, 0.2) is 0 Å². The van der Waals surface area contributed by atoms with Gasteiger partial charge in [-0.1, -0.05) is 18.2 Å². The van der Waals surface area contributed by atoms with Crippen LogP contribution in [0.2, 0.25) is 0 Å². The lowest BCUT2D eigenvalue weighted by Gasteiger charge is -2.15. The van der Waals surface area contributed by atoms with Crippen molar-refractivity contribution in [1.29, 1.82) is 0 Å². The first-order chi connectivity index (χ1) is 8.09. The Balaban J connectivity index is 2.21.